The maximum absolute atomic E-state index is 4.39. The summed E-state index contributed by atoms with van der Waals surface area (Å²) >= 11 is 1.49. The van der Waals surface area contributed by atoms with Gasteiger partial charge in [0.2, 0.25) is 4.96 Å². The Bertz CT molecular complexity index is 597. The van der Waals surface area contributed by atoms with Gasteiger partial charge in [0.05, 0.1) is 0 Å². The first-order valence-corrected chi connectivity index (χ1v) is 5.26. The van der Waals surface area contributed by atoms with Gasteiger partial charge in [0.1, 0.15) is 5.69 Å². The standard InChI is InChI=1S/C9H7N5S/c1-6-11-12-9-14(6)13-8(15-9)7-4-2-3-5-10-7/h2-5H,1H3. The average Bonchev–Trinajstić information content (AvgIpc) is 2.83. The molecule has 0 bridgehead atoms. The van der Waals surface area contributed by atoms with E-state index < -0.39 is 0 Å². The molecule has 0 fully saturated rings. The van der Waals surface area contributed by atoms with Gasteiger partial charge in [0, 0.05) is 6.20 Å². The van der Waals surface area contributed by atoms with Crippen molar-refractivity contribution in [2.75, 3.05) is 0 Å². The van der Waals surface area contributed by atoms with E-state index in [1.165, 1.54) is 11.3 Å². The number of aromatic nitrogens is 5. The molecule has 0 aromatic carbocycles. The molecule has 0 atom stereocenters. The Kier molecular flexibility index (Phi) is 1.75. The second-order valence-corrected chi connectivity index (χ2v) is 4.02. The molecule has 3 rings (SSSR count). The van der Waals surface area contributed by atoms with Crippen LogP contribution in [0.4, 0.5) is 0 Å². The summed E-state index contributed by atoms with van der Waals surface area (Å²) in [6, 6.07) is 5.76. The minimum absolute atomic E-state index is 0.795. The first kappa shape index (κ1) is 8.49. The average molecular weight is 217 g/mol. The van der Waals surface area contributed by atoms with Gasteiger partial charge in [0.25, 0.3) is 0 Å². The summed E-state index contributed by atoms with van der Waals surface area (Å²) in [5.41, 5.74) is 0.868. The van der Waals surface area contributed by atoms with E-state index in [4.69, 9.17) is 0 Å². The highest BCUT2D eigenvalue weighted by molar-refractivity contribution is 7.19. The Balaban J connectivity index is 2.20. The van der Waals surface area contributed by atoms with Crippen LogP contribution < -0.4 is 0 Å². The molecule has 0 aliphatic rings. The summed E-state index contributed by atoms with van der Waals surface area (Å²) in [5.74, 6) is 0.795. The van der Waals surface area contributed by atoms with Crippen LogP contribution in [0.1, 0.15) is 5.82 Å². The molecule has 0 saturated heterocycles. The predicted molar refractivity (Wildman–Crippen MR) is 56.6 cm³/mol. The number of hydrogen-bond donors (Lipinski definition) is 0. The third kappa shape index (κ3) is 1.30. The van der Waals surface area contributed by atoms with E-state index in [1.807, 2.05) is 25.1 Å². The smallest absolute Gasteiger partial charge is 0.235 e. The number of aryl methyl sites for hydroxylation is 1. The van der Waals surface area contributed by atoms with Crippen LogP contribution in [0.25, 0.3) is 15.7 Å². The van der Waals surface area contributed by atoms with Crippen molar-refractivity contribution < 1.29 is 0 Å². The molecular weight excluding hydrogens is 210 g/mol. The van der Waals surface area contributed by atoms with Crippen molar-refractivity contribution in [2.45, 2.75) is 6.92 Å². The van der Waals surface area contributed by atoms with Crippen LogP contribution in [0.5, 0.6) is 0 Å². The topological polar surface area (TPSA) is 56.0 Å². The van der Waals surface area contributed by atoms with Gasteiger partial charge >= 0.3 is 0 Å². The van der Waals surface area contributed by atoms with E-state index in [0.717, 1.165) is 21.5 Å². The Hall–Kier alpha value is -1.82. The molecule has 3 aromatic rings. The van der Waals surface area contributed by atoms with Crippen molar-refractivity contribution in [3.8, 4) is 10.7 Å². The molecule has 0 radical (unpaired) electrons. The third-order valence-electron chi connectivity index (χ3n) is 2.03. The summed E-state index contributed by atoms with van der Waals surface area (Å²) in [4.78, 5) is 5.04. The molecule has 6 heteroatoms. The highest BCUT2D eigenvalue weighted by atomic mass is 32.1. The molecule has 3 heterocycles. The van der Waals surface area contributed by atoms with E-state index in [9.17, 15) is 0 Å². The lowest BCUT2D eigenvalue weighted by Gasteiger charge is -1.91. The summed E-state index contributed by atoms with van der Waals surface area (Å²) in [7, 11) is 0. The highest BCUT2D eigenvalue weighted by Gasteiger charge is 2.10. The zero-order chi connectivity index (χ0) is 10.3. The SMILES string of the molecule is Cc1nnc2sc(-c3ccccn3)nn12. The second kappa shape index (κ2) is 3.09. The van der Waals surface area contributed by atoms with Crippen LogP contribution >= 0.6 is 11.3 Å². The molecule has 0 unspecified atom stereocenters. The predicted octanol–water partition coefficient (Wildman–Crippen LogP) is 1.56. The molecule has 0 aliphatic carbocycles. The molecular formula is C9H7N5S. The Morgan fingerprint density at radius 1 is 1.27 bits per heavy atom. The molecule has 5 nitrogen and oxygen atoms in total. The molecule has 15 heavy (non-hydrogen) atoms. The number of fused-ring (bicyclic) bond motifs is 1. The van der Waals surface area contributed by atoms with E-state index in [0.29, 0.717) is 0 Å². The highest BCUT2D eigenvalue weighted by Crippen LogP contribution is 2.22. The number of rotatable bonds is 1. The minimum atomic E-state index is 0.795. The van der Waals surface area contributed by atoms with E-state index in [1.54, 1.807) is 10.7 Å². The summed E-state index contributed by atoms with van der Waals surface area (Å²) < 4.78 is 1.73. The van der Waals surface area contributed by atoms with Crippen LogP contribution in [0.15, 0.2) is 24.4 Å². The van der Waals surface area contributed by atoms with Crippen LogP contribution in [-0.4, -0.2) is 24.8 Å². The normalized spacial score (nSPS) is 11.0. The Labute approximate surface area is 89.4 Å². The van der Waals surface area contributed by atoms with Crippen LogP contribution in [0.3, 0.4) is 0 Å². The lowest BCUT2D eigenvalue weighted by Crippen LogP contribution is -1.89. The van der Waals surface area contributed by atoms with Gasteiger partial charge in [-0.25, -0.2) is 0 Å². The van der Waals surface area contributed by atoms with Crippen LogP contribution in [0.2, 0.25) is 0 Å². The van der Waals surface area contributed by atoms with E-state index in [2.05, 4.69) is 20.3 Å². The number of nitrogens with zero attached hydrogens (tertiary/aromatic N) is 5. The molecule has 0 aliphatic heterocycles. The van der Waals surface area contributed by atoms with Crippen molar-refractivity contribution in [2.24, 2.45) is 0 Å². The van der Waals surface area contributed by atoms with Gasteiger partial charge in [-0.05, 0) is 19.1 Å². The second-order valence-electron chi connectivity index (χ2n) is 3.06. The van der Waals surface area contributed by atoms with Crippen molar-refractivity contribution >= 4 is 16.3 Å². The molecule has 74 valence electrons. The summed E-state index contributed by atoms with van der Waals surface area (Å²) in [6.45, 7) is 1.88. The van der Waals surface area contributed by atoms with Gasteiger partial charge in [-0.2, -0.15) is 9.61 Å². The Morgan fingerprint density at radius 2 is 2.20 bits per heavy atom. The van der Waals surface area contributed by atoms with E-state index >= 15 is 0 Å². The van der Waals surface area contributed by atoms with Crippen LogP contribution in [-0.2, 0) is 0 Å². The summed E-state index contributed by atoms with van der Waals surface area (Å²) in [5, 5.41) is 13.2. The monoisotopic (exact) mass is 217 g/mol. The van der Waals surface area contributed by atoms with Gasteiger partial charge in [0.15, 0.2) is 10.8 Å². The zero-order valence-corrected chi connectivity index (χ0v) is 8.77. The quantitative estimate of drug-likeness (QED) is 0.620. The fraction of sp³-hybridized carbons (Fsp3) is 0.111. The molecule has 3 aromatic heterocycles. The van der Waals surface area contributed by atoms with Crippen molar-refractivity contribution in [3.05, 3.63) is 30.2 Å². The lowest BCUT2D eigenvalue weighted by atomic mass is 10.4. The zero-order valence-electron chi connectivity index (χ0n) is 7.95. The maximum Gasteiger partial charge on any atom is 0.235 e. The molecule has 0 amide bonds. The Morgan fingerprint density at radius 3 is 2.93 bits per heavy atom. The van der Waals surface area contributed by atoms with Gasteiger partial charge in [-0.15, -0.1) is 10.2 Å². The first-order valence-electron chi connectivity index (χ1n) is 4.45. The van der Waals surface area contributed by atoms with Crippen molar-refractivity contribution in [1.82, 2.24) is 24.8 Å². The molecule has 0 spiro atoms. The number of pyridine rings is 1. The van der Waals surface area contributed by atoms with Crippen molar-refractivity contribution in [1.29, 1.82) is 0 Å². The lowest BCUT2D eigenvalue weighted by molar-refractivity contribution is 0.896. The minimum Gasteiger partial charge on any atom is -0.254 e. The maximum atomic E-state index is 4.39. The summed E-state index contributed by atoms with van der Waals surface area (Å²) in [6.07, 6.45) is 1.75. The first-order chi connectivity index (χ1) is 7.34. The van der Waals surface area contributed by atoms with Crippen molar-refractivity contribution in [3.63, 3.8) is 0 Å². The van der Waals surface area contributed by atoms with Crippen LogP contribution in [0, 0.1) is 6.92 Å². The number of hydrogen-bond acceptors (Lipinski definition) is 5. The largest absolute Gasteiger partial charge is 0.254 e. The third-order valence-corrected chi connectivity index (χ3v) is 2.95. The fourth-order valence-corrected chi connectivity index (χ4v) is 2.17. The molecule has 0 saturated carbocycles. The molecule has 0 N–H and O–H groups in total. The van der Waals surface area contributed by atoms with Gasteiger partial charge in [-0.1, -0.05) is 17.4 Å². The fourth-order valence-electron chi connectivity index (χ4n) is 1.31. The van der Waals surface area contributed by atoms with Gasteiger partial charge in [-0.3, -0.25) is 4.98 Å². The van der Waals surface area contributed by atoms with E-state index in [-0.39, 0.29) is 0 Å². The van der Waals surface area contributed by atoms with Gasteiger partial charge < -0.3 is 0 Å².